The fourth-order valence-electron chi connectivity index (χ4n) is 1.12. The van der Waals surface area contributed by atoms with Crippen LogP contribution in [0.15, 0.2) is 18.2 Å². The number of nitrogens with one attached hydrogen (secondary N) is 1. The average Bonchev–Trinajstić information content (AvgIpc) is 2.03. The van der Waals surface area contributed by atoms with E-state index >= 15 is 0 Å². The molecule has 0 aliphatic carbocycles. The smallest absolute Gasteiger partial charge is 0.221 e. The van der Waals surface area contributed by atoms with Crippen molar-refractivity contribution in [3.8, 4) is 0 Å². The van der Waals surface area contributed by atoms with Crippen molar-refractivity contribution in [3.63, 3.8) is 0 Å². The quantitative estimate of drug-likeness (QED) is 0.745. The summed E-state index contributed by atoms with van der Waals surface area (Å²) < 4.78 is 13.1. The summed E-state index contributed by atoms with van der Waals surface area (Å²) >= 11 is 0. The minimum Gasteiger partial charge on any atom is -0.326 e. The summed E-state index contributed by atoms with van der Waals surface area (Å²) in [6.45, 7) is 3.28. The molecule has 0 saturated heterocycles. The lowest BCUT2D eigenvalue weighted by molar-refractivity contribution is -0.114. The predicted molar refractivity (Wildman–Crippen MR) is 50.1 cm³/mol. The van der Waals surface area contributed by atoms with Crippen molar-refractivity contribution >= 4 is 11.6 Å². The van der Waals surface area contributed by atoms with Gasteiger partial charge in [-0.15, -0.1) is 0 Å². The second kappa shape index (κ2) is 4.03. The largest absolute Gasteiger partial charge is 0.326 e. The van der Waals surface area contributed by atoms with Gasteiger partial charge in [-0.05, 0) is 24.1 Å². The number of rotatable bonds is 2. The van der Waals surface area contributed by atoms with E-state index in [-0.39, 0.29) is 11.7 Å². The third kappa shape index (κ3) is 2.54. The summed E-state index contributed by atoms with van der Waals surface area (Å²) in [6, 6.07) is 4.71. The fourth-order valence-corrected chi connectivity index (χ4v) is 1.12. The minimum absolute atomic E-state index is 0.191. The predicted octanol–water partition coefficient (Wildman–Crippen LogP) is 2.35. The van der Waals surface area contributed by atoms with Gasteiger partial charge in [0.2, 0.25) is 5.91 Å². The lowest BCUT2D eigenvalue weighted by Gasteiger charge is -2.04. The van der Waals surface area contributed by atoms with Gasteiger partial charge in [-0.3, -0.25) is 4.79 Å². The van der Waals surface area contributed by atoms with Crippen LogP contribution in [-0.4, -0.2) is 5.91 Å². The zero-order valence-electron chi connectivity index (χ0n) is 7.73. The van der Waals surface area contributed by atoms with Crippen LogP contribution in [0.2, 0.25) is 0 Å². The Balaban J connectivity index is 2.89. The van der Waals surface area contributed by atoms with Crippen LogP contribution in [0.1, 0.15) is 19.4 Å². The van der Waals surface area contributed by atoms with E-state index in [1.165, 1.54) is 13.0 Å². The second-order valence-electron chi connectivity index (χ2n) is 2.84. The van der Waals surface area contributed by atoms with Crippen LogP contribution in [0.4, 0.5) is 10.1 Å². The van der Waals surface area contributed by atoms with Crippen molar-refractivity contribution < 1.29 is 9.18 Å². The molecule has 1 N–H and O–H groups in total. The van der Waals surface area contributed by atoms with E-state index in [0.717, 1.165) is 0 Å². The molecular weight excluding hydrogens is 169 g/mol. The van der Waals surface area contributed by atoms with Gasteiger partial charge in [-0.2, -0.15) is 0 Å². The van der Waals surface area contributed by atoms with E-state index < -0.39 is 0 Å². The molecule has 0 atom stereocenters. The molecule has 0 aliphatic rings. The Morgan fingerprint density at radius 2 is 2.23 bits per heavy atom. The molecule has 0 aromatic heterocycles. The highest BCUT2D eigenvalue weighted by atomic mass is 19.1. The lowest BCUT2D eigenvalue weighted by atomic mass is 10.1. The fraction of sp³-hybridized carbons (Fsp3) is 0.300. The van der Waals surface area contributed by atoms with Gasteiger partial charge in [0.05, 0.1) is 0 Å². The van der Waals surface area contributed by atoms with Gasteiger partial charge >= 0.3 is 0 Å². The molecule has 0 aliphatic heterocycles. The molecule has 3 heteroatoms. The maximum absolute atomic E-state index is 13.1. The number of anilines is 1. The van der Waals surface area contributed by atoms with Gasteiger partial charge in [-0.25, -0.2) is 4.39 Å². The Morgan fingerprint density at radius 1 is 1.54 bits per heavy atom. The van der Waals surface area contributed by atoms with E-state index in [1.807, 2.05) is 6.92 Å². The lowest BCUT2D eigenvalue weighted by Crippen LogP contribution is -2.06. The van der Waals surface area contributed by atoms with Gasteiger partial charge < -0.3 is 5.32 Å². The number of carbonyl (C=O) groups excluding carboxylic acids is 1. The van der Waals surface area contributed by atoms with Crippen LogP contribution in [0, 0.1) is 5.82 Å². The average molecular weight is 181 g/mol. The summed E-state index contributed by atoms with van der Waals surface area (Å²) in [5.41, 5.74) is 1.16. The van der Waals surface area contributed by atoms with Crippen LogP contribution in [0.25, 0.3) is 0 Å². The maximum atomic E-state index is 13.1. The van der Waals surface area contributed by atoms with E-state index in [2.05, 4.69) is 5.32 Å². The number of aryl methyl sites for hydroxylation is 1. The highest BCUT2D eigenvalue weighted by Crippen LogP contribution is 2.14. The first-order chi connectivity index (χ1) is 6.13. The molecule has 2 nitrogen and oxygen atoms in total. The zero-order chi connectivity index (χ0) is 9.84. The molecule has 0 spiro atoms. The van der Waals surface area contributed by atoms with Crippen molar-refractivity contribution in [1.82, 2.24) is 0 Å². The number of amides is 1. The van der Waals surface area contributed by atoms with Gasteiger partial charge in [0.15, 0.2) is 0 Å². The van der Waals surface area contributed by atoms with Gasteiger partial charge in [0.1, 0.15) is 5.82 Å². The maximum Gasteiger partial charge on any atom is 0.221 e. The molecule has 0 radical (unpaired) electrons. The topological polar surface area (TPSA) is 29.1 Å². The Kier molecular flexibility index (Phi) is 3.01. The molecule has 0 heterocycles. The number of hydrogen-bond acceptors (Lipinski definition) is 1. The highest BCUT2D eigenvalue weighted by molar-refractivity contribution is 5.88. The van der Waals surface area contributed by atoms with Crippen molar-refractivity contribution in [1.29, 1.82) is 0 Å². The van der Waals surface area contributed by atoms with Crippen molar-refractivity contribution in [2.24, 2.45) is 0 Å². The first-order valence-corrected chi connectivity index (χ1v) is 4.19. The van der Waals surface area contributed by atoms with Crippen LogP contribution in [-0.2, 0) is 11.2 Å². The molecule has 1 rings (SSSR count). The van der Waals surface area contributed by atoms with Gasteiger partial charge in [-0.1, -0.05) is 13.0 Å². The molecule has 1 aromatic carbocycles. The van der Waals surface area contributed by atoms with E-state index in [9.17, 15) is 9.18 Å². The van der Waals surface area contributed by atoms with Crippen LogP contribution >= 0.6 is 0 Å². The molecule has 0 unspecified atom stereocenters. The Bertz CT molecular complexity index is 323. The van der Waals surface area contributed by atoms with E-state index in [4.69, 9.17) is 0 Å². The molecule has 13 heavy (non-hydrogen) atoms. The van der Waals surface area contributed by atoms with E-state index in [1.54, 1.807) is 12.1 Å². The first kappa shape index (κ1) is 9.71. The number of carbonyl (C=O) groups is 1. The molecule has 1 aromatic rings. The molecular formula is C10H12FNO. The molecule has 1 amide bonds. The van der Waals surface area contributed by atoms with Gasteiger partial charge in [0, 0.05) is 12.6 Å². The van der Waals surface area contributed by atoms with Crippen molar-refractivity contribution in [3.05, 3.63) is 29.6 Å². The van der Waals surface area contributed by atoms with Crippen LogP contribution < -0.4 is 5.32 Å². The monoisotopic (exact) mass is 181 g/mol. The van der Waals surface area contributed by atoms with Crippen LogP contribution in [0.3, 0.4) is 0 Å². The first-order valence-electron chi connectivity index (χ1n) is 4.19. The Morgan fingerprint density at radius 3 is 2.69 bits per heavy atom. The number of halogens is 1. The molecule has 0 saturated carbocycles. The summed E-state index contributed by atoms with van der Waals surface area (Å²) in [6.07, 6.45) is 0.659. The Labute approximate surface area is 76.8 Å². The summed E-state index contributed by atoms with van der Waals surface area (Å²) in [5.74, 6) is -0.461. The third-order valence-electron chi connectivity index (χ3n) is 1.75. The summed E-state index contributed by atoms with van der Waals surface area (Å²) in [5, 5.41) is 2.52. The second-order valence-corrected chi connectivity index (χ2v) is 2.84. The van der Waals surface area contributed by atoms with Crippen molar-refractivity contribution in [2.45, 2.75) is 20.3 Å². The molecule has 70 valence electrons. The summed E-state index contributed by atoms with van der Waals surface area (Å²) in [4.78, 5) is 10.6. The zero-order valence-corrected chi connectivity index (χ0v) is 7.73. The highest BCUT2D eigenvalue weighted by Gasteiger charge is 2.01. The number of benzene rings is 1. The van der Waals surface area contributed by atoms with E-state index in [0.29, 0.717) is 17.7 Å². The van der Waals surface area contributed by atoms with Gasteiger partial charge in [0.25, 0.3) is 0 Å². The third-order valence-corrected chi connectivity index (χ3v) is 1.75. The Hall–Kier alpha value is -1.38. The van der Waals surface area contributed by atoms with Crippen LogP contribution in [0.5, 0.6) is 0 Å². The summed E-state index contributed by atoms with van der Waals surface area (Å²) in [7, 11) is 0. The van der Waals surface area contributed by atoms with Crippen molar-refractivity contribution in [2.75, 3.05) is 5.32 Å². The normalized spacial score (nSPS) is 9.77. The standard InChI is InChI=1S/C10H12FNO/c1-3-8-4-5-9(6-10(8)11)12-7(2)13/h4-6H,3H2,1-2H3,(H,12,13). The minimum atomic E-state index is -0.270. The molecule has 0 bridgehead atoms. The molecule has 0 fully saturated rings. The SMILES string of the molecule is CCc1ccc(NC(C)=O)cc1F. The number of hydrogen-bond donors (Lipinski definition) is 1.